The van der Waals surface area contributed by atoms with Gasteiger partial charge in [-0.15, -0.1) is 0 Å². The van der Waals surface area contributed by atoms with Crippen LogP contribution in [0.2, 0.25) is 0 Å². The third-order valence-electron chi connectivity index (χ3n) is 5.82. The van der Waals surface area contributed by atoms with Crippen LogP contribution >= 0.6 is 0 Å². The van der Waals surface area contributed by atoms with Crippen molar-refractivity contribution in [3.8, 4) is 0 Å². The number of amides is 1. The number of halogens is 2. The van der Waals surface area contributed by atoms with Crippen LogP contribution in [0.3, 0.4) is 0 Å². The van der Waals surface area contributed by atoms with Crippen molar-refractivity contribution >= 4 is 22.6 Å². The predicted octanol–water partition coefficient (Wildman–Crippen LogP) is 3.20. The average Bonchev–Trinajstić information content (AvgIpc) is 2.68. The maximum atomic E-state index is 13.3. The summed E-state index contributed by atoms with van der Waals surface area (Å²) in [6, 6.07) is 1.94. The van der Waals surface area contributed by atoms with Crippen LogP contribution in [0.5, 0.6) is 0 Å². The van der Waals surface area contributed by atoms with Gasteiger partial charge in [-0.05, 0) is 31.7 Å². The summed E-state index contributed by atoms with van der Waals surface area (Å²) in [6.07, 6.45) is 5.31. The van der Waals surface area contributed by atoms with Crippen LogP contribution in [-0.4, -0.2) is 57.9 Å². The summed E-state index contributed by atoms with van der Waals surface area (Å²) in [5, 5.41) is 0.990. The number of nitrogens with zero attached hydrogens (tertiary/aromatic N) is 5. The number of fused-ring (bicyclic) bond motifs is 1. The first-order valence-corrected chi connectivity index (χ1v) is 9.90. The molecule has 2 aromatic heterocycles. The third-order valence-corrected chi connectivity index (χ3v) is 5.82. The second-order valence-corrected chi connectivity index (χ2v) is 7.86. The molecule has 8 heteroatoms. The fourth-order valence-corrected chi connectivity index (χ4v) is 4.13. The molecule has 6 nitrogen and oxygen atoms in total. The van der Waals surface area contributed by atoms with E-state index in [0.29, 0.717) is 12.3 Å². The van der Waals surface area contributed by atoms with Crippen LogP contribution in [0.25, 0.3) is 10.9 Å². The third kappa shape index (κ3) is 4.05. The number of anilines is 1. The van der Waals surface area contributed by atoms with E-state index >= 15 is 0 Å². The highest BCUT2D eigenvalue weighted by Gasteiger charge is 2.36. The van der Waals surface area contributed by atoms with Crippen LogP contribution in [0.15, 0.2) is 18.5 Å². The maximum Gasteiger partial charge on any atom is 0.251 e. The minimum atomic E-state index is -2.61. The Kier molecular flexibility index (Phi) is 5.12. The van der Waals surface area contributed by atoms with E-state index in [4.69, 9.17) is 0 Å². The molecule has 1 amide bonds. The van der Waals surface area contributed by atoms with E-state index < -0.39 is 5.92 Å². The zero-order valence-corrected chi connectivity index (χ0v) is 16.1. The Labute approximate surface area is 163 Å². The fraction of sp³-hybridized carbons (Fsp3) is 0.600. The summed E-state index contributed by atoms with van der Waals surface area (Å²) in [4.78, 5) is 29.6. The highest BCUT2D eigenvalue weighted by atomic mass is 19.3. The summed E-state index contributed by atoms with van der Waals surface area (Å²) >= 11 is 0. The van der Waals surface area contributed by atoms with Crippen molar-refractivity contribution in [3.05, 3.63) is 24.3 Å². The van der Waals surface area contributed by atoms with Crippen molar-refractivity contribution in [2.45, 2.75) is 45.0 Å². The number of aromatic nitrogens is 3. The van der Waals surface area contributed by atoms with Gasteiger partial charge < -0.3 is 9.80 Å². The van der Waals surface area contributed by atoms with E-state index in [0.717, 1.165) is 48.5 Å². The van der Waals surface area contributed by atoms with Gasteiger partial charge in [-0.25, -0.2) is 18.7 Å². The number of carbonyl (C=O) groups excluding carboxylic acids is 1. The molecule has 0 unspecified atom stereocenters. The summed E-state index contributed by atoms with van der Waals surface area (Å²) < 4.78 is 26.6. The molecule has 2 aliphatic heterocycles. The van der Waals surface area contributed by atoms with Gasteiger partial charge in [-0.1, -0.05) is 0 Å². The molecule has 150 valence electrons. The number of hydrogen-bond donors (Lipinski definition) is 0. The number of rotatable bonds is 3. The van der Waals surface area contributed by atoms with Crippen LogP contribution in [0.4, 0.5) is 14.6 Å². The molecule has 0 aliphatic carbocycles. The van der Waals surface area contributed by atoms with Gasteiger partial charge in [-0.3, -0.25) is 9.78 Å². The summed E-state index contributed by atoms with van der Waals surface area (Å²) in [5.41, 5.74) is 0.837. The molecule has 0 N–H and O–H groups in total. The number of piperidine rings is 2. The van der Waals surface area contributed by atoms with Crippen molar-refractivity contribution in [3.63, 3.8) is 0 Å². The number of hydrogen-bond acceptors (Lipinski definition) is 5. The lowest BCUT2D eigenvalue weighted by atomic mass is 9.92. The zero-order valence-electron chi connectivity index (χ0n) is 16.1. The highest BCUT2D eigenvalue weighted by Crippen LogP contribution is 2.31. The Morgan fingerprint density at radius 2 is 1.89 bits per heavy atom. The highest BCUT2D eigenvalue weighted by molar-refractivity contribution is 5.88. The second kappa shape index (κ2) is 7.56. The Morgan fingerprint density at radius 3 is 2.61 bits per heavy atom. The Morgan fingerprint density at radius 1 is 1.18 bits per heavy atom. The molecular weight excluding hydrogens is 364 g/mol. The van der Waals surface area contributed by atoms with Crippen LogP contribution in [-0.2, 0) is 4.79 Å². The van der Waals surface area contributed by atoms with E-state index in [1.54, 1.807) is 17.3 Å². The van der Waals surface area contributed by atoms with Gasteiger partial charge in [0.05, 0.1) is 11.7 Å². The molecule has 4 rings (SSSR count). The molecule has 2 aliphatic rings. The van der Waals surface area contributed by atoms with Gasteiger partial charge in [0.25, 0.3) is 5.92 Å². The lowest BCUT2D eigenvalue weighted by Crippen LogP contribution is -2.44. The van der Waals surface area contributed by atoms with E-state index in [2.05, 4.69) is 19.9 Å². The molecule has 28 heavy (non-hydrogen) atoms. The average molecular weight is 389 g/mol. The van der Waals surface area contributed by atoms with Crippen LogP contribution in [0.1, 0.15) is 37.9 Å². The quantitative estimate of drug-likeness (QED) is 0.807. The van der Waals surface area contributed by atoms with Gasteiger partial charge in [-0.2, -0.15) is 0 Å². The topological polar surface area (TPSA) is 62.2 Å². The van der Waals surface area contributed by atoms with Gasteiger partial charge in [0.2, 0.25) is 5.91 Å². The molecule has 0 bridgehead atoms. The lowest BCUT2D eigenvalue weighted by molar-refractivity contribution is -0.138. The molecule has 0 spiro atoms. The maximum absolute atomic E-state index is 13.3. The predicted molar refractivity (Wildman–Crippen MR) is 102 cm³/mol. The number of alkyl halides is 2. The number of likely N-dealkylation sites (tertiary alicyclic amines) is 1. The molecule has 2 fully saturated rings. The van der Waals surface area contributed by atoms with Crippen molar-refractivity contribution < 1.29 is 13.6 Å². The molecule has 0 radical (unpaired) electrons. The van der Waals surface area contributed by atoms with Gasteiger partial charge in [0.15, 0.2) is 0 Å². The fourth-order valence-electron chi connectivity index (χ4n) is 4.13. The Balaban J connectivity index is 1.36. The Hall–Kier alpha value is -2.38. The van der Waals surface area contributed by atoms with Crippen molar-refractivity contribution in [1.82, 2.24) is 19.9 Å². The minimum absolute atomic E-state index is 0.0170. The minimum Gasteiger partial charge on any atom is -0.356 e. The SMILES string of the molecule is Cc1nc(N2CCC(CC(=O)N3CCC(F)(F)CC3)CC2)c2ccncc2n1. The number of pyridine rings is 1. The van der Waals surface area contributed by atoms with E-state index in [-0.39, 0.29) is 31.8 Å². The van der Waals surface area contributed by atoms with E-state index in [1.807, 2.05) is 13.0 Å². The summed E-state index contributed by atoms with van der Waals surface area (Å²) in [7, 11) is 0. The van der Waals surface area contributed by atoms with Gasteiger partial charge >= 0.3 is 0 Å². The second-order valence-electron chi connectivity index (χ2n) is 7.86. The smallest absolute Gasteiger partial charge is 0.251 e. The molecule has 2 aromatic rings. The zero-order chi connectivity index (χ0) is 19.7. The largest absolute Gasteiger partial charge is 0.356 e. The van der Waals surface area contributed by atoms with Crippen LogP contribution < -0.4 is 4.90 Å². The number of carbonyl (C=O) groups is 1. The molecule has 2 saturated heterocycles. The van der Waals surface area contributed by atoms with E-state index in [1.165, 1.54) is 0 Å². The van der Waals surface area contributed by atoms with Crippen molar-refractivity contribution in [2.75, 3.05) is 31.1 Å². The molecule has 4 heterocycles. The summed E-state index contributed by atoms with van der Waals surface area (Å²) in [5.74, 6) is -0.663. The Bertz CT molecular complexity index is 857. The van der Waals surface area contributed by atoms with Gasteiger partial charge in [0.1, 0.15) is 11.6 Å². The molecule has 0 aromatic carbocycles. The van der Waals surface area contributed by atoms with E-state index in [9.17, 15) is 13.6 Å². The number of aryl methyl sites for hydroxylation is 1. The first-order chi connectivity index (χ1) is 13.4. The first kappa shape index (κ1) is 19.0. The monoisotopic (exact) mass is 389 g/mol. The lowest BCUT2D eigenvalue weighted by Gasteiger charge is -2.35. The normalized spacial score (nSPS) is 20.5. The van der Waals surface area contributed by atoms with Gasteiger partial charge in [0, 0.05) is 57.0 Å². The van der Waals surface area contributed by atoms with Crippen molar-refractivity contribution in [2.24, 2.45) is 5.92 Å². The molecule has 0 atom stereocenters. The van der Waals surface area contributed by atoms with Crippen molar-refractivity contribution in [1.29, 1.82) is 0 Å². The molecular formula is C20H25F2N5O. The molecule has 0 saturated carbocycles. The first-order valence-electron chi connectivity index (χ1n) is 9.90. The standard InChI is InChI=1S/C20H25F2N5O/c1-14-24-17-13-23-7-2-16(17)19(25-14)27-8-3-15(4-9-27)12-18(28)26-10-5-20(21,22)6-11-26/h2,7,13,15H,3-6,8-12H2,1H3. The summed E-state index contributed by atoms with van der Waals surface area (Å²) in [6.45, 7) is 3.87. The van der Waals surface area contributed by atoms with Crippen LogP contribution in [0, 0.1) is 12.8 Å².